The van der Waals surface area contributed by atoms with Crippen molar-refractivity contribution >= 4 is 22.6 Å². The molecule has 0 bridgehead atoms. The Morgan fingerprint density at radius 2 is 2.03 bits per heavy atom. The van der Waals surface area contributed by atoms with E-state index in [4.69, 9.17) is 9.73 Å². The quantitative estimate of drug-likeness (QED) is 0.719. The Bertz CT molecular complexity index is 897. The standard InChI is InChI=1S/C23H28N4OS/c1-3-28-20-14-17(9-10-19(20)26-12-6-7-13-26)22-21(18-8-4-5-11-24-18)25-23-27(22)15-16(2)29-23/h4-5,8-11,14,16,21-22H,3,6-7,12-13,15H2,1-2H3/t16-,21+,22-/m1/s1. The lowest BCUT2D eigenvalue weighted by molar-refractivity contribution is 0.316. The molecule has 4 heterocycles. The molecule has 152 valence electrons. The van der Waals surface area contributed by atoms with Crippen molar-refractivity contribution in [3.8, 4) is 5.75 Å². The molecule has 6 heteroatoms. The van der Waals surface area contributed by atoms with Crippen LogP contribution >= 0.6 is 11.8 Å². The van der Waals surface area contributed by atoms with Crippen molar-refractivity contribution in [1.82, 2.24) is 9.88 Å². The molecule has 1 aromatic heterocycles. The number of thioether (sulfide) groups is 1. The molecule has 0 spiro atoms. The number of nitrogens with zero attached hydrogens (tertiary/aromatic N) is 4. The molecule has 2 fully saturated rings. The van der Waals surface area contributed by atoms with Crippen LogP contribution in [0, 0.1) is 0 Å². The second-order valence-electron chi connectivity index (χ2n) is 7.99. The van der Waals surface area contributed by atoms with E-state index in [-0.39, 0.29) is 12.1 Å². The Labute approximate surface area is 177 Å². The van der Waals surface area contributed by atoms with Gasteiger partial charge in [-0.25, -0.2) is 0 Å². The smallest absolute Gasteiger partial charge is 0.160 e. The van der Waals surface area contributed by atoms with E-state index < -0.39 is 0 Å². The highest BCUT2D eigenvalue weighted by atomic mass is 32.2. The first-order chi connectivity index (χ1) is 14.2. The van der Waals surface area contributed by atoms with Crippen molar-refractivity contribution in [3.63, 3.8) is 0 Å². The third-order valence-corrected chi connectivity index (χ3v) is 7.06. The summed E-state index contributed by atoms with van der Waals surface area (Å²) in [5.41, 5.74) is 3.53. The summed E-state index contributed by atoms with van der Waals surface area (Å²) >= 11 is 1.88. The highest BCUT2D eigenvalue weighted by Gasteiger charge is 2.43. The molecule has 2 saturated heterocycles. The van der Waals surface area contributed by atoms with Crippen LogP contribution in [-0.4, -0.2) is 46.5 Å². The molecule has 0 amide bonds. The molecule has 3 aliphatic heterocycles. The molecule has 0 saturated carbocycles. The first-order valence-corrected chi connectivity index (χ1v) is 11.6. The Morgan fingerprint density at radius 1 is 1.17 bits per heavy atom. The van der Waals surface area contributed by atoms with Gasteiger partial charge in [-0.1, -0.05) is 30.8 Å². The minimum atomic E-state index is 0.0262. The zero-order valence-electron chi connectivity index (χ0n) is 17.1. The van der Waals surface area contributed by atoms with Crippen LogP contribution in [0.1, 0.15) is 50.0 Å². The minimum absolute atomic E-state index is 0.0262. The predicted octanol–water partition coefficient (Wildman–Crippen LogP) is 4.67. The van der Waals surface area contributed by atoms with Gasteiger partial charge in [0.15, 0.2) is 5.17 Å². The number of ether oxygens (including phenoxy) is 1. The Kier molecular flexibility index (Phi) is 5.12. The maximum Gasteiger partial charge on any atom is 0.160 e. The van der Waals surface area contributed by atoms with Gasteiger partial charge in [0.25, 0.3) is 0 Å². The summed E-state index contributed by atoms with van der Waals surface area (Å²) in [5.74, 6) is 1.00. The lowest BCUT2D eigenvalue weighted by Crippen LogP contribution is -2.28. The number of aliphatic imine (C=N–C) groups is 1. The number of pyridine rings is 1. The fourth-order valence-electron chi connectivity index (χ4n) is 4.68. The largest absolute Gasteiger partial charge is 0.492 e. The van der Waals surface area contributed by atoms with Gasteiger partial charge in [0.05, 0.1) is 24.0 Å². The number of amidine groups is 1. The van der Waals surface area contributed by atoms with Crippen LogP contribution in [0.4, 0.5) is 5.69 Å². The minimum Gasteiger partial charge on any atom is -0.492 e. The number of hydrogen-bond donors (Lipinski definition) is 0. The van der Waals surface area contributed by atoms with Crippen molar-refractivity contribution in [1.29, 1.82) is 0 Å². The summed E-state index contributed by atoms with van der Waals surface area (Å²) in [6.07, 6.45) is 4.39. The lowest BCUT2D eigenvalue weighted by Gasteiger charge is -2.29. The monoisotopic (exact) mass is 408 g/mol. The van der Waals surface area contributed by atoms with Gasteiger partial charge in [0, 0.05) is 31.1 Å². The summed E-state index contributed by atoms with van der Waals surface area (Å²) in [4.78, 5) is 14.7. The molecule has 1 aromatic carbocycles. The number of fused-ring (bicyclic) bond motifs is 1. The molecule has 3 aliphatic rings. The third-order valence-electron chi connectivity index (χ3n) is 5.95. The van der Waals surface area contributed by atoms with Gasteiger partial charge in [-0.05, 0) is 49.6 Å². The van der Waals surface area contributed by atoms with E-state index >= 15 is 0 Å². The maximum absolute atomic E-state index is 6.10. The van der Waals surface area contributed by atoms with Crippen LogP contribution in [0.3, 0.4) is 0 Å². The van der Waals surface area contributed by atoms with Crippen molar-refractivity contribution in [3.05, 3.63) is 53.9 Å². The van der Waals surface area contributed by atoms with Crippen LogP contribution in [-0.2, 0) is 0 Å². The van der Waals surface area contributed by atoms with Crippen LogP contribution in [0.5, 0.6) is 5.75 Å². The molecule has 0 radical (unpaired) electrons. The van der Waals surface area contributed by atoms with E-state index in [1.54, 1.807) is 0 Å². The van der Waals surface area contributed by atoms with Gasteiger partial charge in [0.2, 0.25) is 0 Å². The molecule has 5 nitrogen and oxygen atoms in total. The molecule has 0 aliphatic carbocycles. The number of rotatable bonds is 5. The molecule has 0 N–H and O–H groups in total. The highest BCUT2D eigenvalue weighted by Crippen LogP contribution is 2.48. The van der Waals surface area contributed by atoms with Crippen molar-refractivity contribution in [2.45, 2.75) is 44.0 Å². The van der Waals surface area contributed by atoms with Gasteiger partial charge >= 0.3 is 0 Å². The molecule has 5 rings (SSSR count). The van der Waals surface area contributed by atoms with E-state index in [2.05, 4.69) is 59.0 Å². The second-order valence-corrected chi connectivity index (χ2v) is 9.40. The average molecular weight is 409 g/mol. The molecule has 29 heavy (non-hydrogen) atoms. The van der Waals surface area contributed by atoms with E-state index in [9.17, 15) is 0 Å². The van der Waals surface area contributed by atoms with E-state index in [0.717, 1.165) is 36.2 Å². The average Bonchev–Trinajstić information content (AvgIpc) is 3.45. The maximum atomic E-state index is 6.10. The highest BCUT2D eigenvalue weighted by molar-refractivity contribution is 8.14. The van der Waals surface area contributed by atoms with Gasteiger partial charge in [-0.3, -0.25) is 9.98 Å². The zero-order valence-corrected chi connectivity index (χ0v) is 17.9. The Balaban J connectivity index is 1.54. The van der Waals surface area contributed by atoms with Gasteiger partial charge in [-0.2, -0.15) is 0 Å². The fourth-order valence-corrected chi connectivity index (χ4v) is 5.78. The van der Waals surface area contributed by atoms with Gasteiger partial charge < -0.3 is 14.5 Å². The molecule has 3 atom stereocenters. The number of benzene rings is 1. The van der Waals surface area contributed by atoms with Crippen molar-refractivity contribution < 1.29 is 4.74 Å². The van der Waals surface area contributed by atoms with Crippen molar-refractivity contribution in [2.75, 3.05) is 31.1 Å². The lowest BCUT2D eigenvalue weighted by atomic mass is 9.95. The summed E-state index contributed by atoms with van der Waals surface area (Å²) in [7, 11) is 0. The predicted molar refractivity (Wildman–Crippen MR) is 120 cm³/mol. The molecular formula is C23H28N4OS. The molecule has 2 aromatic rings. The first kappa shape index (κ1) is 18.8. The van der Waals surface area contributed by atoms with E-state index in [1.807, 2.05) is 24.0 Å². The summed E-state index contributed by atoms with van der Waals surface area (Å²) < 4.78 is 6.10. The Hall–Kier alpha value is -2.21. The number of hydrogen-bond acceptors (Lipinski definition) is 6. The normalized spacial score (nSPS) is 26.0. The second kappa shape index (κ2) is 7.90. The SMILES string of the molecule is CCOc1cc([C@@H]2[C@H](c3ccccn3)N=C3S[C@H](C)CN32)ccc1N1CCCC1. The van der Waals surface area contributed by atoms with Crippen LogP contribution < -0.4 is 9.64 Å². The Morgan fingerprint density at radius 3 is 2.79 bits per heavy atom. The molecule has 0 unspecified atom stereocenters. The number of anilines is 1. The summed E-state index contributed by atoms with van der Waals surface area (Å²) in [6, 6.07) is 13.1. The fraction of sp³-hybridized carbons (Fsp3) is 0.478. The van der Waals surface area contributed by atoms with Gasteiger partial charge in [-0.15, -0.1) is 0 Å². The van der Waals surface area contributed by atoms with Crippen LogP contribution in [0.2, 0.25) is 0 Å². The topological polar surface area (TPSA) is 41.0 Å². The van der Waals surface area contributed by atoms with Crippen molar-refractivity contribution in [2.24, 2.45) is 4.99 Å². The van der Waals surface area contributed by atoms with E-state index in [0.29, 0.717) is 11.9 Å². The third kappa shape index (κ3) is 3.48. The molecular weight excluding hydrogens is 380 g/mol. The van der Waals surface area contributed by atoms with Gasteiger partial charge in [0.1, 0.15) is 11.8 Å². The summed E-state index contributed by atoms with van der Waals surface area (Å²) in [5, 5.41) is 1.72. The first-order valence-electron chi connectivity index (χ1n) is 10.7. The van der Waals surface area contributed by atoms with Crippen LogP contribution in [0.25, 0.3) is 0 Å². The number of aromatic nitrogens is 1. The van der Waals surface area contributed by atoms with Crippen LogP contribution in [0.15, 0.2) is 47.6 Å². The zero-order chi connectivity index (χ0) is 19.8. The summed E-state index contributed by atoms with van der Waals surface area (Å²) in [6.45, 7) is 8.28. The van der Waals surface area contributed by atoms with E-state index in [1.165, 1.54) is 24.1 Å².